The Labute approximate surface area is 119 Å². The number of thiophene rings is 1. The van der Waals surface area contributed by atoms with Crippen LogP contribution >= 0.6 is 11.3 Å². The molecule has 2 N–H and O–H groups in total. The molecule has 8 heteroatoms. The lowest BCUT2D eigenvalue weighted by Gasteiger charge is -2.01. The normalized spacial score (nSPS) is 11.1. The summed E-state index contributed by atoms with van der Waals surface area (Å²) >= 11 is 1.45. The number of hydrogen-bond donors (Lipinski definition) is 2. The molecule has 0 aliphatic heterocycles. The van der Waals surface area contributed by atoms with Gasteiger partial charge in [-0.05, 0) is 13.0 Å². The topological polar surface area (TPSA) is 88.5 Å². The SMILES string of the molecule is Cc1nn(C)c2sc(C(=O)NCCc3ncn[nH]3)cc12. The fourth-order valence-electron chi connectivity index (χ4n) is 2.05. The van der Waals surface area contributed by atoms with Gasteiger partial charge in [0.1, 0.15) is 17.0 Å². The molecule has 0 aliphatic rings. The summed E-state index contributed by atoms with van der Waals surface area (Å²) < 4.78 is 1.81. The van der Waals surface area contributed by atoms with Crippen LogP contribution in [0.4, 0.5) is 0 Å². The van der Waals surface area contributed by atoms with Crippen molar-refractivity contribution >= 4 is 27.5 Å². The van der Waals surface area contributed by atoms with Crippen LogP contribution in [0.3, 0.4) is 0 Å². The summed E-state index contributed by atoms with van der Waals surface area (Å²) in [6.07, 6.45) is 2.09. The number of amides is 1. The van der Waals surface area contributed by atoms with Gasteiger partial charge >= 0.3 is 0 Å². The van der Waals surface area contributed by atoms with Crippen LogP contribution in [0.1, 0.15) is 21.2 Å². The zero-order valence-electron chi connectivity index (χ0n) is 11.2. The first kappa shape index (κ1) is 12.8. The van der Waals surface area contributed by atoms with Crippen LogP contribution in [-0.2, 0) is 13.5 Å². The van der Waals surface area contributed by atoms with Gasteiger partial charge in [0, 0.05) is 25.4 Å². The minimum atomic E-state index is -0.0647. The van der Waals surface area contributed by atoms with Crippen LogP contribution in [0.2, 0.25) is 0 Å². The van der Waals surface area contributed by atoms with Crippen LogP contribution in [0.25, 0.3) is 10.2 Å². The molecule has 0 saturated heterocycles. The molecule has 0 saturated carbocycles. The number of aromatic amines is 1. The number of carbonyl (C=O) groups is 1. The zero-order valence-corrected chi connectivity index (χ0v) is 12.0. The van der Waals surface area contributed by atoms with Gasteiger partial charge in [-0.3, -0.25) is 14.6 Å². The van der Waals surface area contributed by atoms with Gasteiger partial charge in [-0.1, -0.05) is 0 Å². The van der Waals surface area contributed by atoms with Crippen LogP contribution in [-0.4, -0.2) is 37.4 Å². The number of H-pyrrole nitrogens is 1. The average Bonchev–Trinajstić information content (AvgIpc) is 3.11. The smallest absolute Gasteiger partial charge is 0.261 e. The van der Waals surface area contributed by atoms with Gasteiger partial charge in [0.2, 0.25) is 0 Å². The van der Waals surface area contributed by atoms with Crippen LogP contribution in [0, 0.1) is 6.92 Å². The first-order valence-corrected chi connectivity index (χ1v) is 7.02. The maximum atomic E-state index is 12.1. The molecule has 3 heterocycles. The first-order chi connectivity index (χ1) is 9.65. The molecule has 0 aromatic carbocycles. The number of nitrogens with zero attached hydrogens (tertiary/aromatic N) is 4. The van der Waals surface area contributed by atoms with Crippen molar-refractivity contribution < 1.29 is 4.79 Å². The number of aryl methyl sites for hydroxylation is 2. The predicted octanol–water partition coefficient (Wildman–Crippen LogP) is 1.03. The Kier molecular flexibility index (Phi) is 3.23. The summed E-state index contributed by atoms with van der Waals surface area (Å²) in [5.74, 6) is 0.701. The average molecular weight is 290 g/mol. The molecule has 104 valence electrons. The summed E-state index contributed by atoms with van der Waals surface area (Å²) in [6, 6.07) is 1.89. The van der Waals surface area contributed by atoms with E-state index >= 15 is 0 Å². The number of carbonyl (C=O) groups excluding carboxylic acids is 1. The standard InChI is InChI=1S/C12H14N6OS/c1-7-8-5-9(20-12(8)18(2)17-7)11(19)13-4-3-10-14-6-15-16-10/h5-6H,3-4H2,1-2H3,(H,13,19)(H,14,15,16). The van der Waals surface area contributed by atoms with Crippen LogP contribution in [0.15, 0.2) is 12.4 Å². The molecule has 3 rings (SSSR count). The second kappa shape index (κ2) is 5.04. The molecule has 0 spiro atoms. The third-order valence-corrected chi connectivity index (χ3v) is 4.23. The molecule has 20 heavy (non-hydrogen) atoms. The lowest BCUT2D eigenvalue weighted by molar-refractivity contribution is 0.0958. The third-order valence-electron chi connectivity index (χ3n) is 3.03. The molecule has 0 aliphatic carbocycles. The summed E-state index contributed by atoms with van der Waals surface area (Å²) in [5, 5.41) is 14.8. The van der Waals surface area contributed by atoms with E-state index in [0.29, 0.717) is 17.8 Å². The lowest BCUT2D eigenvalue weighted by Crippen LogP contribution is -2.25. The molecule has 0 radical (unpaired) electrons. The number of hydrogen-bond acceptors (Lipinski definition) is 5. The van der Waals surface area contributed by atoms with Crippen molar-refractivity contribution in [2.45, 2.75) is 13.3 Å². The Balaban J connectivity index is 1.67. The molecule has 0 atom stereocenters. The van der Waals surface area contributed by atoms with Gasteiger partial charge < -0.3 is 5.32 Å². The molecule has 0 unspecified atom stereocenters. The van der Waals surface area contributed by atoms with E-state index in [2.05, 4.69) is 25.6 Å². The Morgan fingerprint density at radius 1 is 1.55 bits per heavy atom. The Morgan fingerprint density at radius 3 is 3.10 bits per heavy atom. The summed E-state index contributed by atoms with van der Waals surface area (Å²) in [7, 11) is 1.89. The molecule has 7 nitrogen and oxygen atoms in total. The maximum absolute atomic E-state index is 12.1. The van der Waals surface area contributed by atoms with Crippen LogP contribution < -0.4 is 5.32 Å². The van der Waals surface area contributed by atoms with E-state index in [-0.39, 0.29) is 5.91 Å². The number of fused-ring (bicyclic) bond motifs is 1. The minimum absolute atomic E-state index is 0.0647. The monoisotopic (exact) mass is 290 g/mol. The van der Waals surface area contributed by atoms with Gasteiger partial charge in [0.25, 0.3) is 5.91 Å². The van der Waals surface area contributed by atoms with Crippen molar-refractivity contribution in [2.75, 3.05) is 6.54 Å². The number of aromatic nitrogens is 5. The Hall–Kier alpha value is -2.22. The van der Waals surface area contributed by atoms with E-state index in [0.717, 1.165) is 21.7 Å². The summed E-state index contributed by atoms with van der Waals surface area (Å²) in [6.45, 7) is 2.47. The summed E-state index contributed by atoms with van der Waals surface area (Å²) in [5.41, 5.74) is 0.944. The van der Waals surface area contributed by atoms with Gasteiger partial charge in [0.15, 0.2) is 0 Å². The van der Waals surface area contributed by atoms with Crippen molar-refractivity contribution in [1.29, 1.82) is 0 Å². The molecule has 3 aromatic rings. The molecule has 0 bridgehead atoms. The van der Waals surface area contributed by atoms with E-state index in [1.807, 2.05) is 20.0 Å². The van der Waals surface area contributed by atoms with E-state index < -0.39 is 0 Å². The van der Waals surface area contributed by atoms with E-state index in [4.69, 9.17) is 0 Å². The molecular weight excluding hydrogens is 276 g/mol. The molecule has 1 amide bonds. The van der Waals surface area contributed by atoms with Gasteiger partial charge in [-0.15, -0.1) is 11.3 Å². The molecular formula is C12H14N6OS. The third kappa shape index (κ3) is 2.29. The van der Waals surface area contributed by atoms with Gasteiger partial charge in [-0.25, -0.2) is 4.98 Å². The van der Waals surface area contributed by atoms with Crippen molar-refractivity contribution in [1.82, 2.24) is 30.3 Å². The Bertz CT molecular complexity index is 707. The largest absolute Gasteiger partial charge is 0.351 e. The van der Waals surface area contributed by atoms with Gasteiger partial charge in [0.05, 0.1) is 10.6 Å². The second-order valence-corrected chi connectivity index (χ2v) is 5.51. The minimum Gasteiger partial charge on any atom is -0.351 e. The molecule has 0 fully saturated rings. The number of rotatable bonds is 4. The lowest BCUT2D eigenvalue weighted by atomic mass is 10.3. The first-order valence-electron chi connectivity index (χ1n) is 6.20. The highest BCUT2D eigenvalue weighted by Gasteiger charge is 2.14. The predicted molar refractivity (Wildman–Crippen MR) is 75.7 cm³/mol. The highest BCUT2D eigenvalue weighted by Crippen LogP contribution is 2.27. The van der Waals surface area contributed by atoms with E-state index in [1.54, 1.807) is 4.68 Å². The number of nitrogens with one attached hydrogen (secondary N) is 2. The highest BCUT2D eigenvalue weighted by molar-refractivity contribution is 7.20. The highest BCUT2D eigenvalue weighted by atomic mass is 32.1. The molecule has 3 aromatic heterocycles. The fourth-order valence-corrected chi connectivity index (χ4v) is 3.09. The summed E-state index contributed by atoms with van der Waals surface area (Å²) in [4.78, 5) is 17.8. The van der Waals surface area contributed by atoms with E-state index in [9.17, 15) is 4.79 Å². The van der Waals surface area contributed by atoms with Crippen molar-refractivity contribution in [3.63, 3.8) is 0 Å². The zero-order chi connectivity index (χ0) is 14.1. The fraction of sp³-hybridized carbons (Fsp3) is 0.333. The van der Waals surface area contributed by atoms with Crippen molar-refractivity contribution in [3.05, 3.63) is 28.8 Å². The van der Waals surface area contributed by atoms with Crippen LogP contribution in [0.5, 0.6) is 0 Å². The van der Waals surface area contributed by atoms with Crippen molar-refractivity contribution in [3.8, 4) is 0 Å². The van der Waals surface area contributed by atoms with Gasteiger partial charge in [-0.2, -0.15) is 10.2 Å². The maximum Gasteiger partial charge on any atom is 0.261 e. The second-order valence-electron chi connectivity index (χ2n) is 4.48. The van der Waals surface area contributed by atoms with Crippen molar-refractivity contribution in [2.24, 2.45) is 7.05 Å². The Morgan fingerprint density at radius 2 is 2.40 bits per heavy atom. The van der Waals surface area contributed by atoms with E-state index in [1.165, 1.54) is 17.7 Å². The quantitative estimate of drug-likeness (QED) is 0.751.